The summed E-state index contributed by atoms with van der Waals surface area (Å²) in [6, 6.07) is 15.7. The van der Waals surface area contributed by atoms with Crippen LogP contribution in [0.3, 0.4) is 0 Å². The van der Waals surface area contributed by atoms with Gasteiger partial charge in [0.2, 0.25) is 0 Å². The van der Waals surface area contributed by atoms with E-state index in [2.05, 4.69) is 0 Å². The van der Waals surface area contributed by atoms with Gasteiger partial charge >= 0.3 is 0 Å². The van der Waals surface area contributed by atoms with Crippen LogP contribution in [0.15, 0.2) is 58.3 Å². The second-order valence-electron chi connectivity index (χ2n) is 8.12. The molecule has 0 radical (unpaired) electrons. The van der Waals surface area contributed by atoms with Crippen LogP contribution < -0.4 is 0 Å². The smallest absolute Gasteiger partial charge is 0.169 e. The first-order chi connectivity index (χ1) is 13.9. The summed E-state index contributed by atoms with van der Waals surface area (Å²) in [6.45, 7) is 4.05. The summed E-state index contributed by atoms with van der Waals surface area (Å²) in [4.78, 5) is 1.69. The van der Waals surface area contributed by atoms with Gasteiger partial charge in [-0.25, -0.2) is 0 Å². The molecule has 4 nitrogen and oxygen atoms in total. The summed E-state index contributed by atoms with van der Waals surface area (Å²) in [5.74, 6) is 0.409. The number of benzene rings is 2. The molecule has 0 bridgehead atoms. The molecule has 0 N–H and O–H groups in total. The van der Waals surface area contributed by atoms with Crippen LogP contribution in [-0.2, 0) is 31.1 Å². The number of hydrogen-bond donors (Lipinski definition) is 0. The van der Waals surface area contributed by atoms with E-state index in [-0.39, 0.29) is 12.2 Å². The van der Waals surface area contributed by atoms with Gasteiger partial charge in [-0.2, -0.15) is 0 Å². The van der Waals surface area contributed by atoms with E-state index in [0.29, 0.717) is 11.5 Å². The predicted molar refractivity (Wildman–Crippen MR) is 116 cm³/mol. The molecule has 0 aliphatic carbocycles. The van der Waals surface area contributed by atoms with Gasteiger partial charge in [-0.3, -0.25) is 8.42 Å². The lowest BCUT2D eigenvalue weighted by molar-refractivity contribution is -0.209. The summed E-state index contributed by atoms with van der Waals surface area (Å²) in [7, 11) is -2.14. The molecule has 2 aromatic rings. The molecule has 6 heteroatoms. The first-order valence-corrected chi connectivity index (χ1v) is 12.8. The second-order valence-corrected chi connectivity index (χ2v) is 11.1. The fourth-order valence-electron chi connectivity index (χ4n) is 4.02. The Bertz CT molecular complexity index is 817. The average Bonchev–Trinajstić information content (AvgIpc) is 3.28. The van der Waals surface area contributed by atoms with Crippen LogP contribution in [0.2, 0.25) is 0 Å². The highest BCUT2D eigenvalue weighted by Gasteiger charge is 2.47. The van der Waals surface area contributed by atoms with Crippen molar-refractivity contribution < 1.29 is 17.9 Å². The van der Waals surface area contributed by atoms with Crippen LogP contribution in [0.25, 0.3) is 0 Å². The van der Waals surface area contributed by atoms with Gasteiger partial charge in [-0.05, 0) is 51.0 Å². The second kappa shape index (κ2) is 8.80. The molecule has 156 valence electrons. The minimum atomic E-state index is -1.07. The number of hydrogen-bond acceptors (Lipinski definition) is 4. The monoisotopic (exact) mass is 432 g/mol. The van der Waals surface area contributed by atoms with E-state index in [1.165, 1.54) is 0 Å². The SMILES string of the molecule is Cc1ccc([S@](=O)C[C@@H]2CCC3(CC[C@@H](C[S@@](=O)c4ccc(C)cc4)O3)O2)cc1. The first kappa shape index (κ1) is 20.9. The normalized spacial score (nSPS) is 25.3. The fourth-order valence-corrected chi connectivity index (χ4v) is 6.43. The van der Waals surface area contributed by atoms with E-state index >= 15 is 0 Å². The topological polar surface area (TPSA) is 52.6 Å². The number of aryl methyl sites for hydroxylation is 2. The lowest BCUT2D eigenvalue weighted by Gasteiger charge is -2.25. The van der Waals surface area contributed by atoms with Gasteiger partial charge in [0.25, 0.3) is 0 Å². The largest absolute Gasteiger partial charge is 0.346 e. The Hall–Kier alpha value is -1.34. The van der Waals surface area contributed by atoms with Gasteiger partial charge in [0.05, 0.1) is 45.3 Å². The predicted octanol–water partition coefficient (Wildman–Crippen LogP) is 4.27. The quantitative estimate of drug-likeness (QED) is 0.684. The van der Waals surface area contributed by atoms with E-state index in [1.54, 1.807) is 0 Å². The average molecular weight is 433 g/mol. The molecular weight excluding hydrogens is 404 g/mol. The van der Waals surface area contributed by atoms with Gasteiger partial charge in [0, 0.05) is 22.6 Å². The highest BCUT2D eigenvalue weighted by molar-refractivity contribution is 7.85. The van der Waals surface area contributed by atoms with Gasteiger partial charge < -0.3 is 9.47 Å². The zero-order valence-electron chi connectivity index (χ0n) is 17.0. The summed E-state index contributed by atoms with van der Waals surface area (Å²) in [5.41, 5.74) is 2.32. The Kier molecular flexibility index (Phi) is 6.35. The van der Waals surface area contributed by atoms with Gasteiger partial charge in [0.15, 0.2) is 5.79 Å². The Morgan fingerprint density at radius 2 is 1.14 bits per heavy atom. The van der Waals surface area contributed by atoms with E-state index in [0.717, 1.165) is 46.6 Å². The van der Waals surface area contributed by atoms with Crippen LogP contribution in [0.1, 0.15) is 36.8 Å². The van der Waals surface area contributed by atoms with Crippen molar-refractivity contribution in [1.29, 1.82) is 0 Å². The highest BCUT2D eigenvalue weighted by atomic mass is 32.2. The Labute approximate surface area is 177 Å². The third-order valence-electron chi connectivity index (χ3n) is 5.70. The minimum Gasteiger partial charge on any atom is -0.346 e. The van der Waals surface area contributed by atoms with E-state index in [1.807, 2.05) is 62.4 Å². The van der Waals surface area contributed by atoms with E-state index < -0.39 is 27.4 Å². The molecule has 4 rings (SSSR count). The molecule has 2 fully saturated rings. The zero-order chi connectivity index (χ0) is 20.4. The van der Waals surface area contributed by atoms with Gasteiger partial charge in [-0.1, -0.05) is 35.4 Å². The van der Waals surface area contributed by atoms with Crippen LogP contribution in [0.5, 0.6) is 0 Å². The van der Waals surface area contributed by atoms with Crippen molar-refractivity contribution in [3.8, 4) is 0 Å². The molecule has 29 heavy (non-hydrogen) atoms. The van der Waals surface area contributed by atoms with Crippen molar-refractivity contribution >= 4 is 21.6 Å². The van der Waals surface area contributed by atoms with Crippen molar-refractivity contribution in [2.24, 2.45) is 0 Å². The van der Waals surface area contributed by atoms with Crippen LogP contribution in [-0.4, -0.2) is 37.9 Å². The summed E-state index contributed by atoms with van der Waals surface area (Å²) in [6.07, 6.45) is 3.22. The van der Waals surface area contributed by atoms with Crippen LogP contribution in [0, 0.1) is 13.8 Å². The summed E-state index contributed by atoms with van der Waals surface area (Å²) < 4.78 is 37.8. The molecule has 4 atom stereocenters. The molecule has 0 saturated carbocycles. The summed E-state index contributed by atoms with van der Waals surface area (Å²) in [5, 5.41) is 0. The Balaban J connectivity index is 1.30. The van der Waals surface area contributed by atoms with Crippen LogP contribution in [0.4, 0.5) is 0 Å². The first-order valence-electron chi connectivity index (χ1n) is 10.2. The van der Waals surface area contributed by atoms with E-state index in [9.17, 15) is 8.42 Å². The molecule has 2 heterocycles. The van der Waals surface area contributed by atoms with Crippen molar-refractivity contribution in [2.45, 2.75) is 67.3 Å². The zero-order valence-corrected chi connectivity index (χ0v) is 18.6. The highest BCUT2D eigenvalue weighted by Crippen LogP contribution is 2.42. The molecule has 2 aliphatic rings. The lowest BCUT2D eigenvalue weighted by Crippen LogP contribution is -2.31. The fraction of sp³-hybridized carbons (Fsp3) is 0.478. The molecule has 2 aliphatic heterocycles. The molecule has 0 amide bonds. The summed E-state index contributed by atoms with van der Waals surface area (Å²) >= 11 is 0. The van der Waals surface area contributed by atoms with Gasteiger partial charge in [-0.15, -0.1) is 0 Å². The van der Waals surface area contributed by atoms with Crippen molar-refractivity contribution in [3.05, 3.63) is 59.7 Å². The van der Waals surface area contributed by atoms with Crippen molar-refractivity contribution in [1.82, 2.24) is 0 Å². The minimum absolute atomic E-state index is 0.0570. The maximum Gasteiger partial charge on any atom is 0.169 e. The molecule has 2 saturated heterocycles. The van der Waals surface area contributed by atoms with Crippen LogP contribution >= 0.6 is 0 Å². The van der Waals surface area contributed by atoms with E-state index in [4.69, 9.17) is 9.47 Å². The van der Waals surface area contributed by atoms with Crippen molar-refractivity contribution in [3.63, 3.8) is 0 Å². The lowest BCUT2D eigenvalue weighted by atomic mass is 10.1. The maximum absolute atomic E-state index is 12.7. The Morgan fingerprint density at radius 3 is 1.52 bits per heavy atom. The Morgan fingerprint density at radius 1 is 0.759 bits per heavy atom. The molecule has 0 aromatic heterocycles. The number of ether oxygens (including phenoxy) is 2. The molecular formula is C23H28O4S2. The standard InChI is InChI=1S/C23H28O4S2/c1-17-3-7-21(8-4-17)28(24)15-19-11-13-23(26-19)14-12-20(27-23)16-29(25)22-9-5-18(2)6-10-22/h3-10,19-20H,11-16H2,1-2H3/t19-,20-,23?,28+,29+/m0/s1. The number of rotatable bonds is 6. The molecule has 0 unspecified atom stereocenters. The third kappa shape index (κ3) is 5.05. The molecule has 2 aromatic carbocycles. The van der Waals surface area contributed by atoms with Crippen molar-refractivity contribution in [2.75, 3.05) is 11.5 Å². The molecule has 1 spiro atoms. The van der Waals surface area contributed by atoms with Gasteiger partial charge in [0.1, 0.15) is 0 Å². The third-order valence-corrected chi connectivity index (χ3v) is 8.64. The maximum atomic E-state index is 12.7.